The minimum atomic E-state index is -3.94. The second-order valence-electron chi connectivity index (χ2n) is 6.88. The van der Waals surface area contributed by atoms with Crippen molar-refractivity contribution in [2.45, 2.75) is 6.10 Å². The fourth-order valence-electron chi connectivity index (χ4n) is 3.02. The molecular weight excluding hydrogens is 453 g/mol. The second-order valence-corrected chi connectivity index (χ2v) is 8.68. The van der Waals surface area contributed by atoms with Gasteiger partial charge in [-0.3, -0.25) is 9.88 Å². The molecule has 0 N–H and O–H groups in total. The molecule has 3 heterocycles. The molecule has 1 saturated heterocycles. The summed E-state index contributed by atoms with van der Waals surface area (Å²) in [6, 6.07) is 7.64. The van der Waals surface area contributed by atoms with Crippen molar-refractivity contribution in [2.75, 3.05) is 24.7 Å². The van der Waals surface area contributed by atoms with Crippen molar-refractivity contribution in [1.29, 1.82) is 0 Å². The maximum atomic E-state index is 14.8. The molecule has 2 atom stereocenters. The number of tetrazole rings is 1. The molecular formula is C18H17FN6NaO5P. The Morgan fingerprint density at radius 2 is 2.12 bits per heavy atom. The molecule has 0 radical (unpaired) electrons. The molecule has 162 valence electrons. The number of nitrogens with zero attached hydrogens (tertiary/aromatic N) is 6. The minimum Gasteiger partial charge on any atom is -0.779 e. The molecule has 0 spiro atoms. The number of hydrogen-bond donors (Lipinski definition) is 0. The third-order valence-electron chi connectivity index (χ3n) is 4.45. The second kappa shape index (κ2) is 9.74. The Morgan fingerprint density at radius 3 is 2.72 bits per heavy atom. The first kappa shape index (κ1) is 24.4. The molecule has 0 aliphatic carbocycles. The molecule has 11 nitrogen and oxygen atoms in total. The summed E-state index contributed by atoms with van der Waals surface area (Å²) in [4.78, 5) is 30.0. The number of anilines is 1. The van der Waals surface area contributed by atoms with Gasteiger partial charge in [0.25, 0.3) is 0 Å². The average Bonchev–Trinajstić information content (AvgIpc) is 3.31. The number of hydrogen-bond acceptors (Lipinski definition) is 9. The van der Waals surface area contributed by atoms with E-state index in [4.69, 9.17) is 9.26 Å². The topological polar surface area (TPSA) is 135 Å². The molecule has 0 bridgehead atoms. The van der Waals surface area contributed by atoms with Crippen LogP contribution in [0.15, 0.2) is 36.5 Å². The van der Waals surface area contributed by atoms with Crippen molar-refractivity contribution in [3.63, 3.8) is 0 Å². The molecule has 1 aliphatic heterocycles. The van der Waals surface area contributed by atoms with Gasteiger partial charge in [-0.15, -0.1) is 10.2 Å². The van der Waals surface area contributed by atoms with E-state index >= 15 is 0 Å². The number of halogens is 1. The van der Waals surface area contributed by atoms with Crippen LogP contribution in [0.4, 0.5) is 14.9 Å². The van der Waals surface area contributed by atoms with Gasteiger partial charge in [0.2, 0.25) is 5.82 Å². The van der Waals surface area contributed by atoms with Gasteiger partial charge in [0.05, 0.1) is 25.9 Å². The predicted molar refractivity (Wildman–Crippen MR) is 105 cm³/mol. The Morgan fingerprint density at radius 1 is 1.34 bits per heavy atom. The number of aromatic nitrogens is 5. The number of aryl methyl sites for hydroxylation is 1. The summed E-state index contributed by atoms with van der Waals surface area (Å²) in [7, 11) is -2.30. The Hall–Kier alpha value is -2.21. The fraction of sp³-hybridized carbons (Fsp3) is 0.278. The van der Waals surface area contributed by atoms with Gasteiger partial charge in [0.1, 0.15) is 25.2 Å². The van der Waals surface area contributed by atoms with Crippen LogP contribution in [0.3, 0.4) is 0 Å². The van der Waals surface area contributed by atoms with E-state index in [1.54, 1.807) is 25.2 Å². The number of benzene rings is 1. The third kappa shape index (κ3) is 5.58. The number of cyclic esters (lactones) is 1. The molecule has 4 rings (SSSR count). The van der Waals surface area contributed by atoms with Gasteiger partial charge in [0.15, 0.2) is 0 Å². The van der Waals surface area contributed by atoms with Crippen molar-refractivity contribution in [3.05, 3.63) is 42.3 Å². The monoisotopic (exact) mass is 470 g/mol. The minimum absolute atomic E-state index is 0. The summed E-state index contributed by atoms with van der Waals surface area (Å²) >= 11 is 0. The zero-order valence-corrected chi connectivity index (χ0v) is 20.4. The van der Waals surface area contributed by atoms with Crippen molar-refractivity contribution in [3.8, 4) is 22.6 Å². The van der Waals surface area contributed by atoms with Gasteiger partial charge >= 0.3 is 35.7 Å². The van der Waals surface area contributed by atoms with Crippen LogP contribution in [0.2, 0.25) is 0 Å². The predicted octanol–water partition coefficient (Wildman–Crippen LogP) is -1.39. The maximum absolute atomic E-state index is 14.8. The molecule has 1 fully saturated rings. The van der Waals surface area contributed by atoms with Gasteiger partial charge in [-0.2, -0.15) is 4.80 Å². The summed E-state index contributed by atoms with van der Waals surface area (Å²) in [5.41, 5.74) is 1.60. The van der Waals surface area contributed by atoms with Crippen LogP contribution < -0.4 is 39.4 Å². The van der Waals surface area contributed by atoms with Gasteiger partial charge in [-0.1, -0.05) is 6.07 Å². The summed E-state index contributed by atoms with van der Waals surface area (Å²) in [5, 5.41) is 11.7. The Kier molecular flexibility index (Phi) is 7.43. The van der Waals surface area contributed by atoms with E-state index < -0.39 is 25.6 Å². The third-order valence-corrected chi connectivity index (χ3v) is 5.06. The smallest absolute Gasteiger partial charge is 0.779 e. The van der Waals surface area contributed by atoms with Crippen molar-refractivity contribution >= 4 is 19.4 Å². The summed E-state index contributed by atoms with van der Waals surface area (Å²) in [6.45, 7) is 0.679. The molecule has 14 heteroatoms. The zero-order valence-electron chi connectivity index (χ0n) is 17.5. The molecule has 1 unspecified atom stereocenters. The van der Waals surface area contributed by atoms with Crippen LogP contribution in [0.5, 0.6) is 0 Å². The average molecular weight is 470 g/mol. The quantitative estimate of drug-likeness (QED) is 0.315. The first-order valence-corrected chi connectivity index (χ1v) is 11.1. The number of pyridine rings is 1. The van der Waals surface area contributed by atoms with Crippen LogP contribution in [0.25, 0.3) is 22.6 Å². The van der Waals surface area contributed by atoms with E-state index in [2.05, 4.69) is 20.4 Å². The summed E-state index contributed by atoms with van der Waals surface area (Å²) in [5.74, 6) is -0.206. The molecule has 1 amide bonds. The van der Waals surface area contributed by atoms with Crippen molar-refractivity contribution in [1.82, 2.24) is 25.2 Å². The number of carbonyl (C=O) groups excluding carboxylic acids is 1. The van der Waals surface area contributed by atoms with Gasteiger partial charge in [0, 0.05) is 24.0 Å². The van der Waals surface area contributed by atoms with E-state index in [1.807, 2.05) is 0 Å². The van der Waals surface area contributed by atoms with Crippen LogP contribution >= 0.6 is 7.60 Å². The Balaban J connectivity index is 0.00000289. The number of amides is 1. The Labute approximate surface area is 204 Å². The van der Waals surface area contributed by atoms with Gasteiger partial charge < -0.3 is 18.7 Å². The zero-order chi connectivity index (χ0) is 22.2. The van der Waals surface area contributed by atoms with E-state index in [0.29, 0.717) is 22.6 Å². The van der Waals surface area contributed by atoms with Gasteiger partial charge in [-0.05, 0) is 29.5 Å². The first-order valence-electron chi connectivity index (χ1n) is 9.11. The largest absolute Gasteiger partial charge is 1.00 e. The standard InChI is InChI=1S/C18H18FN6O5P.Na/c1-24-22-17(21-23-24)16-6-3-11(8-20-16)14-5-4-12(7-15(14)19)25-9-13(30-18(25)26)10-29-31(2,27)28;/h3-8,13H,9-10H2,1-2H3,(H,27,28);/q;+1/p-1/t13-;/m1./s1. The molecule has 0 saturated carbocycles. The summed E-state index contributed by atoms with van der Waals surface area (Å²) in [6.07, 6.45) is 0.0109. The van der Waals surface area contributed by atoms with Crippen LogP contribution in [0.1, 0.15) is 0 Å². The van der Waals surface area contributed by atoms with E-state index in [9.17, 15) is 18.6 Å². The molecule has 32 heavy (non-hydrogen) atoms. The van der Waals surface area contributed by atoms with E-state index in [0.717, 1.165) is 6.66 Å². The van der Waals surface area contributed by atoms with E-state index in [1.165, 1.54) is 28.0 Å². The normalized spacial score (nSPS) is 17.6. The van der Waals surface area contributed by atoms with Crippen LogP contribution in [-0.4, -0.2) is 57.2 Å². The Bertz CT molecular complexity index is 1170. The molecule has 1 aliphatic rings. The van der Waals surface area contributed by atoms with Crippen LogP contribution in [-0.2, 0) is 20.9 Å². The molecule has 2 aromatic heterocycles. The fourth-order valence-corrected chi connectivity index (χ4v) is 3.45. The van der Waals surface area contributed by atoms with Crippen molar-refractivity contribution < 1.29 is 57.5 Å². The number of rotatable bonds is 6. The number of ether oxygens (including phenoxy) is 1. The SMILES string of the molecule is Cn1nnc(-c2ccc(-c3ccc(N4C[C@H](COP(C)(=O)[O-])OC4=O)cc3F)cn2)n1.[Na+]. The van der Waals surface area contributed by atoms with Crippen LogP contribution in [0, 0.1) is 5.82 Å². The van der Waals surface area contributed by atoms with Gasteiger partial charge in [-0.25, -0.2) is 9.18 Å². The molecule has 1 aromatic carbocycles. The van der Waals surface area contributed by atoms with E-state index in [-0.39, 0.29) is 48.4 Å². The molecule has 3 aromatic rings. The van der Waals surface area contributed by atoms with Crippen molar-refractivity contribution in [2.24, 2.45) is 7.05 Å². The maximum Gasteiger partial charge on any atom is 1.00 e. The first-order chi connectivity index (χ1) is 14.7. The summed E-state index contributed by atoms with van der Waals surface area (Å²) < 4.78 is 35.7. The number of carbonyl (C=O) groups is 1.